The summed E-state index contributed by atoms with van der Waals surface area (Å²) >= 11 is 0. The number of nitrogens with one attached hydrogen (secondary N) is 2. The van der Waals surface area contributed by atoms with E-state index in [1.807, 2.05) is 25.1 Å². The summed E-state index contributed by atoms with van der Waals surface area (Å²) in [5, 5.41) is 0. The highest BCUT2D eigenvalue weighted by Crippen LogP contribution is 2.32. The van der Waals surface area contributed by atoms with E-state index >= 15 is 0 Å². The number of hydrogen-bond donors (Lipinski definition) is 2. The lowest BCUT2D eigenvalue weighted by molar-refractivity contribution is 0.219. The van der Waals surface area contributed by atoms with E-state index in [0.717, 1.165) is 42.1 Å². The second kappa shape index (κ2) is 9.16. The minimum atomic E-state index is -3.72. The molecule has 164 valence electrons. The molecule has 0 atom stereocenters. The molecule has 1 saturated heterocycles. The Bertz CT molecular complexity index is 1130. The first kappa shape index (κ1) is 21.5. The highest BCUT2D eigenvalue weighted by Gasteiger charge is 2.18. The molecule has 1 aliphatic heterocycles. The number of aromatic amines is 1. The fourth-order valence-corrected chi connectivity index (χ4v) is 5.02. The van der Waals surface area contributed by atoms with Gasteiger partial charge in [0.05, 0.1) is 12.0 Å². The maximum Gasteiger partial charge on any atom is 0.262 e. The zero-order valence-electron chi connectivity index (χ0n) is 18.0. The number of H-pyrrole nitrogens is 1. The van der Waals surface area contributed by atoms with Crippen LogP contribution < -0.4 is 9.46 Å². The first-order chi connectivity index (χ1) is 14.9. The molecule has 0 aliphatic carbocycles. The van der Waals surface area contributed by atoms with Crippen molar-refractivity contribution in [3.8, 4) is 17.0 Å². The van der Waals surface area contributed by atoms with Crippen molar-refractivity contribution < 1.29 is 13.2 Å². The van der Waals surface area contributed by atoms with Gasteiger partial charge in [0.15, 0.2) is 0 Å². The van der Waals surface area contributed by atoms with Crippen LogP contribution in [-0.2, 0) is 16.6 Å². The van der Waals surface area contributed by atoms with Crippen LogP contribution in [0.2, 0.25) is 0 Å². The number of aryl methyl sites for hydroxylation is 1. The molecule has 1 aliphatic rings. The topological polar surface area (TPSA) is 74.4 Å². The zero-order chi connectivity index (χ0) is 21.8. The van der Waals surface area contributed by atoms with E-state index in [-0.39, 0.29) is 4.90 Å². The van der Waals surface area contributed by atoms with Crippen molar-refractivity contribution in [2.45, 2.75) is 37.6 Å². The molecule has 2 heterocycles. The average molecular weight is 440 g/mol. The predicted octanol–water partition coefficient (Wildman–Crippen LogP) is 4.79. The van der Waals surface area contributed by atoms with E-state index in [1.165, 1.54) is 19.3 Å². The van der Waals surface area contributed by atoms with Gasteiger partial charge in [0, 0.05) is 35.2 Å². The molecule has 4 rings (SSSR count). The van der Waals surface area contributed by atoms with Gasteiger partial charge in [-0.15, -0.1) is 0 Å². The molecule has 0 amide bonds. The number of ether oxygens (including phenoxy) is 1. The molecule has 2 aromatic carbocycles. The van der Waals surface area contributed by atoms with E-state index in [4.69, 9.17) is 4.74 Å². The third-order valence-corrected chi connectivity index (χ3v) is 7.05. The van der Waals surface area contributed by atoms with Gasteiger partial charge >= 0.3 is 0 Å². The molecular formula is C24H29N3O3S. The van der Waals surface area contributed by atoms with Gasteiger partial charge in [-0.05, 0) is 69.3 Å². The Labute approximate surface area is 184 Å². The smallest absolute Gasteiger partial charge is 0.262 e. The van der Waals surface area contributed by atoms with Crippen molar-refractivity contribution in [3.63, 3.8) is 0 Å². The Hall–Kier alpha value is -2.77. The van der Waals surface area contributed by atoms with Crippen molar-refractivity contribution in [1.29, 1.82) is 0 Å². The molecule has 1 fully saturated rings. The number of aromatic nitrogens is 1. The van der Waals surface area contributed by atoms with E-state index in [1.54, 1.807) is 37.4 Å². The van der Waals surface area contributed by atoms with E-state index in [9.17, 15) is 8.42 Å². The molecule has 0 bridgehead atoms. The Morgan fingerprint density at radius 1 is 1.00 bits per heavy atom. The molecule has 7 heteroatoms. The standard InChI is InChI=1S/C24H29N3O3S/c1-18-6-8-19(9-7-18)26-31(28,29)21-11-12-22(24(16-21)30-2)23-13-10-20(25-23)17-27-14-4-3-5-15-27/h6-13,16,25-26H,3-5,14-15,17H2,1-2H3. The Kier molecular flexibility index (Phi) is 6.34. The van der Waals surface area contributed by atoms with Crippen LogP contribution in [0.1, 0.15) is 30.5 Å². The minimum absolute atomic E-state index is 0.161. The van der Waals surface area contributed by atoms with Crippen LogP contribution >= 0.6 is 0 Å². The number of hydrogen-bond acceptors (Lipinski definition) is 4. The lowest BCUT2D eigenvalue weighted by Gasteiger charge is -2.25. The monoisotopic (exact) mass is 439 g/mol. The number of methoxy groups -OCH3 is 1. The van der Waals surface area contributed by atoms with Crippen molar-refractivity contribution in [2.24, 2.45) is 0 Å². The van der Waals surface area contributed by atoms with Crippen LogP contribution in [0.3, 0.4) is 0 Å². The van der Waals surface area contributed by atoms with Crippen molar-refractivity contribution in [2.75, 3.05) is 24.9 Å². The van der Waals surface area contributed by atoms with E-state index in [2.05, 4.69) is 20.7 Å². The molecule has 2 N–H and O–H groups in total. The SMILES string of the molecule is COc1cc(S(=O)(=O)Nc2ccc(C)cc2)ccc1-c1ccc(CN2CCCCC2)[nH]1. The summed E-state index contributed by atoms with van der Waals surface area (Å²) in [6.45, 7) is 5.13. The average Bonchev–Trinajstić information content (AvgIpc) is 3.23. The van der Waals surface area contributed by atoms with Crippen LogP contribution in [0.4, 0.5) is 5.69 Å². The number of nitrogens with zero attached hydrogens (tertiary/aromatic N) is 1. The van der Waals surface area contributed by atoms with Gasteiger partial charge < -0.3 is 9.72 Å². The highest BCUT2D eigenvalue weighted by molar-refractivity contribution is 7.92. The summed E-state index contributed by atoms with van der Waals surface area (Å²) in [6, 6.07) is 16.3. The van der Waals surface area contributed by atoms with Crippen molar-refractivity contribution in [3.05, 3.63) is 65.9 Å². The van der Waals surface area contributed by atoms with Crippen LogP contribution in [-0.4, -0.2) is 38.5 Å². The summed E-state index contributed by atoms with van der Waals surface area (Å²) in [5.74, 6) is 0.512. The molecule has 0 spiro atoms. The summed E-state index contributed by atoms with van der Waals surface area (Å²) in [4.78, 5) is 6.09. The number of anilines is 1. The van der Waals surface area contributed by atoms with Crippen molar-refractivity contribution in [1.82, 2.24) is 9.88 Å². The molecule has 6 nitrogen and oxygen atoms in total. The molecule has 1 aromatic heterocycles. The second-order valence-electron chi connectivity index (χ2n) is 8.07. The fourth-order valence-electron chi connectivity index (χ4n) is 3.94. The number of sulfonamides is 1. The molecule has 3 aromatic rings. The van der Waals surface area contributed by atoms with Gasteiger partial charge in [-0.2, -0.15) is 0 Å². The molecule has 0 unspecified atom stereocenters. The van der Waals surface area contributed by atoms with Gasteiger partial charge in [0.25, 0.3) is 10.0 Å². The Balaban J connectivity index is 1.54. The predicted molar refractivity (Wildman–Crippen MR) is 124 cm³/mol. The third kappa shape index (κ3) is 5.11. The summed E-state index contributed by atoms with van der Waals surface area (Å²) in [7, 11) is -2.16. The third-order valence-electron chi connectivity index (χ3n) is 5.67. The highest BCUT2D eigenvalue weighted by atomic mass is 32.2. The van der Waals surface area contributed by atoms with Gasteiger partial charge in [-0.3, -0.25) is 9.62 Å². The van der Waals surface area contributed by atoms with E-state index in [0.29, 0.717) is 11.4 Å². The largest absolute Gasteiger partial charge is 0.496 e. The molecule has 0 radical (unpaired) electrons. The number of piperidine rings is 1. The lowest BCUT2D eigenvalue weighted by Crippen LogP contribution is -2.29. The summed E-state index contributed by atoms with van der Waals surface area (Å²) in [5.41, 5.74) is 4.50. The van der Waals surface area contributed by atoms with Crippen LogP contribution in [0, 0.1) is 6.92 Å². The quantitative estimate of drug-likeness (QED) is 0.555. The maximum absolute atomic E-state index is 12.8. The lowest BCUT2D eigenvalue weighted by atomic mass is 10.1. The van der Waals surface area contributed by atoms with E-state index < -0.39 is 10.0 Å². The van der Waals surface area contributed by atoms with Gasteiger partial charge in [0.1, 0.15) is 5.75 Å². The van der Waals surface area contributed by atoms with Crippen LogP contribution in [0.15, 0.2) is 59.5 Å². The summed E-state index contributed by atoms with van der Waals surface area (Å²) in [6.07, 6.45) is 3.83. The number of benzene rings is 2. The second-order valence-corrected chi connectivity index (χ2v) is 9.75. The fraction of sp³-hybridized carbons (Fsp3) is 0.333. The minimum Gasteiger partial charge on any atom is -0.496 e. The number of rotatable bonds is 7. The van der Waals surface area contributed by atoms with Gasteiger partial charge in [-0.25, -0.2) is 8.42 Å². The molecule has 0 saturated carbocycles. The van der Waals surface area contributed by atoms with Gasteiger partial charge in [0.2, 0.25) is 0 Å². The first-order valence-electron chi connectivity index (χ1n) is 10.6. The number of likely N-dealkylation sites (tertiary alicyclic amines) is 1. The zero-order valence-corrected chi connectivity index (χ0v) is 18.8. The van der Waals surface area contributed by atoms with Crippen LogP contribution in [0.25, 0.3) is 11.3 Å². The van der Waals surface area contributed by atoms with Crippen LogP contribution in [0.5, 0.6) is 5.75 Å². The maximum atomic E-state index is 12.8. The van der Waals surface area contributed by atoms with Crippen molar-refractivity contribution >= 4 is 15.7 Å². The van der Waals surface area contributed by atoms with Gasteiger partial charge in [-0.1, -0.05) is 24.1 Å². The Morgan fingerprint density at radius 3 is 2.45 bits per heavy atom. The normalized spacial score (nSPS) is 15.0. The molecule has 31 heavy (non-hydrogen) atoms. The summed E-state index contributed by atoms with van der Waals surface area (Å²) < 4.78 is 33.9. The molecular weight excluding hydrogens is 410 g/mol. The Morgan fingerprint density at radius 2 is 1.74 bits per heavy atom. The first-order valence-corrected chi connectivity index (χ1v) is 12.1.